The first-order chi connectivity index (χ1) is 19.9. The summed E-state index contributed by atoms with van der Waals surface area (Å²) in [6.07, 6.45) is 7.83. The van der Waals surface area contributed by atoms with E-state index in [-0.39, 0.29) is 11.5 Å². The Bertz CT molecular complexity index is 1300. The molecule has 1 spiro atoms. The number of alkyl halides is 1. The van der Waals surface area contributed by atoms with E-state index in [0.29, 0.717) is 62.4 Å². The molecule has 4 fully saturated rings. The Balaban J connectivity index is 1.26. The van der Waals surface area contributed by atoms with Crippen molar-refractivity contribution in [2.75, 3.05) is 50.9 Å². The molecule has 3 saturated heterocycles. The summed E-state index contributed by atoms with van der Waals surface area (Å²) in [5.74, 6) is 1.53. The van der Waals surface area contributed by atoms with Crippen molar-refractivity contribution in [1.29, 1.82) is 5.26 Å². The van der Waals surface area contributed by atoms with E-state index < -0.39 is 11.8 Å². The number of fused-ring (bicyclic) bond motifs is 4. The maximum absolute atomic E-state index is 14.4. The fourth-order valence-electron chi connectivity index (χ4n) is 8.40. The molecular weight excluding hydrogens is 523 g/mol. The molecule has 0 radical (unpaired) electrons. The van der Waals surface area contributed by atoms with Gasteiger partial charge in [-0.3, -0.25) is 4.90 Å². The fraction of sp³-hybridized carbons (Fsp3) is 0.710. The molecule has 5 heterocycles. The van der Waals surface area contributed by atoms with E-state index in [4.69, 9.17) is 29.9 Å². The van der Waals surface area contributed by atoms with Crippen LogP contribution in [0.4, 0.5) is 10.2 Å². The Labute approximate surface area is 241 Å². The van der Waals surface area contributed by atoms with Gasteiger partial charge in [0.2, 0.25) is 0 Å². The van der Waals surface area contributed by atoms with Crippen molar-refractivity contribution >= 4 is 5.82 Å². The first-order valence-electron chi connectivity index (χ1n) is 15.4. The Morgan fingerprint density at radius 3 is 3.00 bits per heavy atom. The molecule has 10 heteroatoms. The highest BCUT2D eigenvalue weighted by Gasteiger charge is 2.51. The number of ether oxygens (including phenoxy) is 3. The van der Waals surface area contributed by atoms with Crippen LogP contribution in [0.1, 0.15) is 63.1 Å². The van der Waals surface area contributed by atoms with Crippen LogP contribution in [-0.2, 0) is 22.5 Å². The van der Waals surface area contributed by atoms with Crippen LogP contribution in [-0.4, -0.2) is 78.2 Å². The lowest BCUT2D eigenvalue weighted by Gasteiger charge is -2.49. The number of halogens is 1. The number of nitrogens with zero attached hydrogens (tertiary/aromatic N) is 5. The van der Waals surface area contributed by atoms with Crippen LogP contribution in [0.15, 0.2) is 22.9 Å². The molecule has 1 aromatic heterocycles. The maximum Gasteiger partial charge on any atom is 0.318 e. The van der Waals surface area contributed by atoms with Gasteiger partial charge in [-0.05, 0) is 62.5 Å². The van der Waals surface area contributed by atoms with Crippen molar-refractivity contribution in [1.82, 2.24) is 14.9 Å². The molecule has 2 aliphatic carbocycles. The highest BCUT2D eigenvalue weighted by Crippen LogP contribution is 2.52. The predicted octanol–water partition coefficient (Wildman–Crippen LogP) is 3.58. The first-order valence-corrected chi connectivity index (χ1v) is 15.4. The fourth-order valence-corrected chi connectivity index (χ4v) is 8.40. The van der Waals surface area contributed by atoms with Gasteiger partial charge >= 0.3 is 6.01 Å². The summed E-state index contributed by atoms with van der Waals surface area (Å²) >= 11 is 0. The molecular formula is C31H41FN6O3. The van der Waals surface area contributed by atoms with Crippen molar-refractivity contribution in [3.63, 3.8) is 0 Å². The van der Waals surface area contributed by atoms with E-state index in [1.54, 1.807) is 0 Å². The highest BCUT2D eigenvalue weighted by molar-refractivity contribution is 5.55. The van der Waals surface area contributed by atoms with Gasteiger partial charge < -0.3 is 24.8 Å². The van der Waals surface area contributed by atoms with Gasteiger partial charge in [-0.2, -0.15) is 15.2 Å². The van der Waals surface area contributed by atoms with Gasteiger partial charge in [0, 0.05) is 50.3 Å². The summed E-state index contributed by atoms with van der Waals surface area (Å²) in [6, 6.07) is 2.77. The minimum absolute atomic E-state index is 0.232. The molecule has 2 N–H and O–H groups in total. The third kappa shape index (κ3) is 4.61. The topological polar surface area (TPSA) is 110 Å². The molecule has 0 bridgehead atoms. The van der Waals surface area contributed by atoms with E-state index in [1.807, 2.05) is 6.08 Å². The number of hydrogen-bond acceptors (Lipinski definition) is 9. The molecule has 0 amide bonds. The van der Waals surface area contributed by atoms with Crippen LogP contribution < -0.4 is 15.4 Å². The zero-order valence-electron chi connectivity index (χ0n) is 24.0. The van der Waals surface area contributed by atoms with Crippen LogP contribution in [0.2, 0.25) is 0 Å². The van der Waals surface area contributed by atoms with Gasteiger partial charge in [-0.25, -0.2) is 4.39 Å². The van der Waals surface area contributed by atoms with Crippen molar-refractivity contribution < 1.29 is 18.6 Å². The molecule has 7 rings (SSSR count). The normalized spacial score (nSPS) is 35.4. The van der Waals surface area contributed by atoms with Gasteiger partial charge in [0.1, 0.15) is 24.7 Å². The zero-order chi connectivity index (χ0) is 28.2. The van der Waals surface area contributed by atoms with Gasteiger partial charge in [0.15, 0.2) is 0 Å². The predicted molar refractivity (Wildman–Crippen MR) is 151 cm³/mol. The molecule has 1 aromatic rings. The van der Waals surface area contributed by atoms with Crippen LogP contribution in [0.3, 0.4) is 0 Å². The lowest BCUT2D eigenvalue weighted by molar-refractivity contribution is -0.0719. The van der Waals surface area contributed by atoms with E-state index >= 15 is 0 Å². The number of allylic oxidation sites excluding steroid dienone is 2. The molecule has 2 unspecified atom stereocenters. The lowest BCUT2D eigenvalue weighted by atomic mass is 9.62. The minimum atomic E-state index is -0.811. The Morgan fingerprint density at radius 1 is 1.22 bits per heavy atom. The molecule has 220 valence electrons. The Kier molecular flexibility index (Phi) is 6.95. The maximum atomic E-state index is 14.4. The number of nitrogens with two attached hydrogens (primary N) is 1. The third-order valence-corrected chi connectivity index (χ3v) is 10.6. The average molecular weight is 565 g/mol. The summed E-state index contributed by atoms with van der Waals surface area (Å²) in [6.45, 7) is 7.37. The largest absolute Gasteiger partial charge is 0.461 e. The summed E-state index contributed by atoms with van der Waals surface area (Å²) in [7, 11) is 0. The molecule has 9 nitrogen and oxygen atoms in total. The molecule has 41 heavy (non-hydrogen) atoms. The monoisotopic (exact) mass is 564 g/mol. The third-order valence-electron chi connectivity index (χ3n) is 10.6. The summed E-state index contributed by atoms with van der Waals surface area (Å²) in [4.78, 5) is 14.5. The molecule has 5 atom stereocenters. The Hall–Kier alpha value is -2.74. The lowest BCUT2D eigenvalue weighted by Crippen LogP contribution is -2.49. The second-order valence-corrected chi connectivity index (χ2v) is 12.9. The summed E-state index contributed by atoms with van der Waals surface area (Å²) in [5, 5.41) is 10.2. The minimum Gasteiger partial charge on any atom is -0.461 e. The number of aromatic nitrogens is 2. The number of rotatable bonds is 4. The van der Waals surface area contributed by atoms with Crippen molar-refractivity contribution in [2.45, 2.75) is 82.2 Å². The second kappa shape index (κ2) is 10.5. The van der Waals surface area contributed by atoms with E-state index in [0.717, 1.165) is 87.4 Å². The smallest absolute Gasteiger partial charge is 0.318 e. The molecule has 6 aliphatic rings. The van der Waals surface area contributed by atoms with Crippen molar-refractivity contribution in [3.8, 4) is 12.1 Å². The van der Waals surface area contributed by atoms with Crippen molar-refractivity contribution in [2.24, 2.45) is 17.6 Å². The van der Waals surface area contributed by atoms with E-state index in [2.05, 4.69) is 22.8 Å². The van der Waals surface area contributed by atoms with Crippen LogP contribution in [0, 0.1) is 23.2 Å². The number of hydrogen-bond donors (Lipinski definition) is 1. The standard InChI is InChI=1S/C31H41FN6O3/c1-20-6-8-31(27-22(20)4-5-25(34)23(27)16-33)15-26-24(18-41-31)28(37-9-3-12-39-13-11-37)36-29(35-26)40-19-30-7-2-10-38(30)17-21(32)14-30/h5,20-22H,2-4,6-15,17-19,34H2,1H3/t20-,21+,22?,30?,31-/m0/s1. The van der Waals surface area contributed by atoms with Gasteiger partial charge in [-0.15, -0.1) is 0 Å². The first kappa shape index (κ1) is 27.1. The zero-order valence-corrected chi connectivity index (χ0v) is 24.0. The Morgan fingerprint density at radius 2 is 2.12 bits per heavy atom. The quantitative estimate of drug-likeness (QED) is 0.587. The average Bonchev–Trinajstić information content (AvgIpc) is 3.35. The SMILES string of the molecule is C[C@H]1CC[C@]2(Cc3nc(OCC45CCCN4C[C@H](F)C5)nc(N4CCCOCC4)c3CO2)C2=C(C#N)C(N)=CCC21. The van der Waals surface area contributed by atoms with Gasteiger partial charge in [0.05, 0.1) is 35.6 Å². The van der Waals surface area contributed by atoms with E-state index in [9.17, 15) is 9.65 Å². The molecule has 1 saturated carbocycles. The van der Waals surface area contributed by atoms with Crippen LogP contribution in [0.25, 0.3) is 0 Å². The number of nitriles is 1. The van der Waals surface area contributed by atoms with Crippen molar-refractivity contribution in [3.05, 3.63) is 34.2 Å². The van der Waals surface area contributed by atoms with Crippen LogP contribution >= 0.6 is 0 Å². The molecule has 0 aromatic carbocycles. The highest BCUT2D eigenvalue weighted by atomic mass is 19.1. The van der Waals surface area contributed by atoms with Gasteiger partial charge in [-0.1, -0.05) is 13.0 Å². The van der Waals surface area contributed by atoms with Gasteiger partial charge in [0.25, 0.3) is 0 Å². The molecule has 4 aliphatic heterocycles. The number of anilines is 1. The summed E-state index contributed by atoms with van der Waals surface area (Å²) < 4.78 is 33.4. The van der Waals surface area contributed by atoms with E-state index in [1.165, 1.54) is 0 Å². The van der Waals surface area contributed by atoms with Crippen LogP contribution in [0.5, 0.6) is 6.01 Å². The summed E-state index contributed by atoms with van der Waals surface area (Å²) in [5.41, 5.74) is 9.57. The second-order valence-electron chi connectivity index (χ2n) is 12.9.